The monoisotopic (exact) mass is 332 g/mol. The summed E-state index contributed by atoms with van der Waals surface area (Å²) in [5, 5.41) is 2.79. The lowest BCUT2D eigenvalue weighted by Crippen LogP contribution is -2.03. The number of nitrogens with one attached hydrogen (secondary N) is 1. The van der Waals surface area contributed by atoms with Crippen LogP contribution in [-0.2, 0) is 11.2 Å². The van der Waals surface area contributed by atoms with Gasteiger partial charge in [0, 0.05) is 16.2 Å². The van der Waals surface area contributed by atoms with E-state index in [9.17, 15) is 4.79 Å². The number of aryl methyl sites for hydroxylation is 1. The molecule has 3 N–H and O–H groups in total. The van der Waals surface area contributed by atoms with Crippen molar-refractivity contribution in [3.8, 4) is 11.5 Å². The van der Waals surface area contributed by atoms with Crippen molar-refractivity contribution in [3.05, 3.63) is 45.9 Å². The van der Waals surface area contributed by atoms with Crippen molar-refractivity contribution < 1.29 is 9.53 Å². The first-order valence-electron chi connectivity index (χ1n) is 6.19. The normalized spacial score (nSPS) is 13.0. The molecule has 102 valence electrons. The zero-order chi connectivity index (χ0) is 14.3. The van der Waals surface area contributed by atoms with E-state index < -0.39 is 0 Å². The molecule has 0 radical (unpaired) electrons. The van der Waals surface area contributed by atoms with E-state index in [2.05, 4.69) is 21.2 Å². The van der Waals surface area contributed by atoms with Crippen LogP contribution in [0.2, 0.25) is 0 Å². The Labute approximate surface area is 125 Å². The third-order valence-corrected chi connectivity index (χ3v) is 4.11. The molecule has 0 atom stereocenters. The van der Waals surface area contributed by atoms with Crippen molar-refractivity contribution in [1.29, 1.82) is 0 Å². The average Bonchev–Trinajstić information content (AvgIpc) is 2.73. The summed E-state index contributed by atoms with van der Waals surface area (Å²) in [6.07, 6.45) is 0.372. The van der Waals surface area contributed by atoms with E-state index in [0.29, 0.717) is 23.6 Å². The maximum Gasteiger partial charge on any atom is 0.228 e. The van der Waals surface area contributed by atoms with E-state index in [0.717, 1.165) is 21.3 Å². The maximum absolute atomic E-state index is 11.4. The molecule has 0 bridgehead atoms. The van der Waals surface area contributed by atoms with Crippen LogP contribution in [0.15, 0.2) is 34.8 Å². The molecule has 1 aliphatic heterocycles. The van der Waals surface area contributed by atoms with Crippen LogP contribution >= 0.6 is 15.9 Å². The maximum atomic E-state index is 11.4. The van der Waals surface area contributed by atoms with E-state index in [1.807, 2.05) is 25.1 Å². The zero-order valence-electron chi connectivity index (χ0n) is 10.9. The lowest BCUT2D eigenvalue weighted by Gasteiger charge is -2.11. The summed E-state index contributed by atoms with van der Waals surface area (Å²) in [4.78, 5) is 11.4. The Balaban J connectivity index is 1.93. The number of carbonyl (C=O) groups is 1. The Morgan fingerprint density at radius 3 is 2.85 bits per heavy atom. The minimum absolute atomic E-state index is 0.0176. The summed E-state index contributed by atoms with van der Waals surface area (Å²) < 4.78 is 6.84. The SMILES string of the molecule is Cc1cc(Oc2cc3c(cc2N)CC(=O)N3)ccc1Br. The quantitative estimate of drug-likeness (QED) is 0.825. The van der Waals surface area contributed by atoms with Gasteiger partial charge in [-0.25, -0.2) is 0 Å². The third kappa shape index (κ3) is 2.36. The predicted molar refractivity (Wildman–Crippen MR) is 82.1 cm³/mol. The van der Waals surface area contributed by atoms with Gasteiger partial charge in [-0.05, 0) is 42.3 Å². The van der Waals surface area contributed by atoms with Gasteiger partial charge in [0.25, 0.3) is 0 Å². The Hall–Kier alpha value is -2.01. The number of nitrogen functional groups attached to an aromatic ring is 1. The predicted octanol–water partition coefficient (Wildman–Crippen LogP) is 3.63. The number of ether oxygens (including phenoxy) is 1. The lowest BCUT2D eigenvalue weighted by molar-refractivity contribution is -0.115. The van der Waals surface area contributed by atoms with Crippen molar-refractivity contribution >= 4 is 33.2 Å². The van der Waals surface area contributed by atoms with Gasteiger partial charge in [-0.1, -0.05) is 15.9 Å². The summed E-state index contributed by atoms with van der Waals surface area (Å²) in [7, 11) is 0. The summed E-state index contributed by atoms with van der Waals surface area (Å²) in [5.74, 6) is 1.24. The average molecular weight is 333 g/mol. The van der Waals surface area contributed by atoms with E-state index >= 15 is 0 Å². The largest absolute Gasteiger partial charge is 0.455 e. The molecule has 0 spiro atoms. The van der Waals surface area contributed by atoms with Gasteiger partial charge in [0.2, 0.25) is 5.91 Å². The van der Waals surface area contributed by atoms with Gasteiger partial charge in [0.15, 0.2) is 5.75 Å². The molecule has 0 unspecified atom stereocenters. The molecule has 3 rings (SSSR count). The molecule has 0 aromatic heterocycles. The highest BCUT2D eigenvalue weighted by molar-refractivity contribution is 9.10. The van der Waals surface area contributed by atoms with Crippen LogP contribution < -0.4 is 15.8 Å². The van der Waals surface area contributed by atoms with Crippen molar-refractivity contribution in [2.45, 2.75) is 13.3 Å². The molecular formula is C15H13BrN2O2. The number of nitrogens with two attached hydrogens (primary N) is 1. The number of halogens is 1. The Bertz CT molecular complexity index is 713. The molecule has 1 aliphatic rings. The third-order valence-electron chi connectivity index (χ3n) is 3.22. The van der Waals surface area contributed by atoms with Crippen LogP contribution in [0, 0.1) is 6.92 Å². The van der Waals surface area contributed by atoms with Crippen molar-refractivity contribution in [2.75, 3.05) is 11.1 Å². The molecule has 0 aliphatic carbocycles. The van der Waals surface area contributed by atoms with Gasteiger partial charge in [-0.2, -0.15) is 0 Å². The lowest BCUT2D eigenvalue weighted by atomic mass is 10.1. The number of hydrogen-bond acceptors (Lipinski definition) is 3. The van der Waals surface area contributed by atoms with Crippen LogP contribution in [0.3, 0.4) is 0 Å². The van der Waals surface area contributed by atoms with Gasteiger partial charge in [0.05, 0.1) is 12.1 Å². The highest BCUT2D eigenvalue weighted by Crippen LogP contribution is 2.36. The van der Waals surface area contributed by atoms with Crippen LogP contribution in [-0.4, -0.2) is 5.91 Å². The van der Waals surface area contributed by atoms with E-state index in [1.165, 1.54) is 0 Å². The van der Waals surface area contributed by atoms with Crippen molar-refractivity contribution in [1.82, 2.24) is 0 Å². The number of benzene rings is 2. The Morgan fingerprint density at radius 2 is 2.10 bits per heavy atom. The highest BCUT2D eigenvalue weighted by atomic mass is 79.9. The van der Waals surface area contributed by atoms with Gasteiger partial charge < -0.3 is 15.8 Å². The van der Waals surface area contributed by atoms with Gasteiger partial charge in [-0.15, -0.1) is 0 Å². The summed E-state index contributed by atoms with van der Waals surface area (Å²) in [6.45, 7) is 1.99. The summed E-state index contributed by atoms with van der Waals surface area (Å²) >= 11 is 3.45. The topological polar surface area (TPSA) is 64.3 Å². The molecule has 2 aromatic rings. The standard InChI is InChI=1S/C15H13BrN2O2/c1-8-4-10(2-3-11(8)16)20-14-7-13-9(5-12(14)17)6-15(19)18-13/h2-5,7H,6,17H2,1H3,(H,18,19). The second-order valence-electron chi connectivity index (χ2n) is 4.79. The first-order valence-corrected chi connectivity index (χ1v) is 6.98. The molecule has 4 nitrogen and oxygen atoms in total. The van der Waals surface area contributed by atoms with E-state index in [4.69, 9.17) is 10.5 Å². The van der Waals surface area contributed by atoms with Crippen LogP contribution in [0.1, 0.15) is 11.1 Å². The Kier molecular flexibility index (Phi) is 3.14. The molecule has 2 aromatic carbocycles. The van der Waals surface area contributed by atoms with E-state index in [1.54, 1.807) is 12.1 Å². The molecule has 0 saturated carbocycles. The van der Waals surface area contributed by atoms with Gasteiger partial charge in [-0.3, -0.25) is 4.79 Å². The van der Waals surface area contributed by atoms with Crippen LogP contribution in [0.4, 0.5) is 11.4 Å². The van der Waals surface area contributed by atoms with Crippen LogP contribution in [0.25, 0.3) is 0 Å². The fourth-order valence-electron chi connectivity index (χ4n) is 2.17. The number of amides is 1. The molecule has 1 amide bonds. The Morgan fingerprint density at radius 1 is 1.30 bits per heavy atom. The minimum atomic E-state index is -0.0176. The first kappa shape index (κ1) is 13.0. The van der Waals surface area contributed by atoms with Crippen molar-refractivity contribution in [3.63, 3.8) is 0 Å². The number of anilines is 2. The highest BCUT2D eigenvalue weighted by Gasteiger charge is 2.20. The second kappa shape index (κ2) is 4.83. The molecule has 0 saturated heterocycles. The van der Waals surface area contributed by atoms with Gasteiger partial charge in [0.1, 0.15) is 5.75 Å². The molecule has 20 heavy (non-hydrogen) atoms. The summed E-state index contributed by atoms with van der Waals surface area (Å²) in [5.41, 5.74) is 9.27. The minimum Gasteiger partial charge on any atom is -0.455 e. The fourth-order valence-corrected chi connectivity index (χ4v) is 2.42. The van der Waals surface area contributed by atoms with Crippen molar-refractivity contribution in [2.24, 2.45) is 0 Å². The molecule has 0 fully saturated rings. The fraction of sp³-hybridized carbons (Fsp3) is 0.133. The second-order valence-corrected chi connectivity index (χ2v) is 5.64. The van der Waals surface area contributed by atoms with E-state index in [-0.39, 0.29) is 5.91 Å². The number of fused-ring (bicyclic) bond motifs is 1. The van der Waals surface area contributed by atoms with Gasteiger partial charge >= 0.3 is 0 Å². The van der Waals surface area contributed by atoms with Crippen LogP contribution in [0.5, 0.6) is 11.5 Å². The summed E-state index contributed by atoms with van der Waals surface area (Å²) in [6, 6.07) is 9.27. The molecule has 5 heteroatoms. The first-order chi connectivity index (χ1) is 9.52. The smallest absolute Gasteiger partial charge is 0.228 e. The molecular weight excluding hydrogens is 320 g/mol. The zero-order valence-corrected chi connectivity index (χ0v) is 12.5. The molecule has 1 heterocycles. The number of hydrogen-bond donors (Lipinski definition) is 2. The number of carbonyl (C=O) groups excluding carboxylic acids is 1. The number of rotatable bonds is 2.